The monoisotopic (exact) mass is 293 g/mol. The van der Waals surface area contributed by atoms with Crippen molar-refractivity contribution in [3.63, 3.8) is 0 Å². The second kappa shape index (κ2) is 5.95. The van der Waals surface area contributed by atoms with Crippen molar-refractivity contribution in [2.24, 2.45) is 0 Å². The van der Waals surface area contributed by atoms with Crippen molar-refractivity contribution in [3.05, 3.63) is 52.0 Å². The van der Waals surface area contributed by atoms with Crippen molar-refractivity contribution < 1.29 is 28.7 Å². The number of carboxylic acids is 1. The van der Waals surface area contributed by atoms with E-state index in [0.717, 1.165) is 0 Å². The molecule has 8 heteroatoms. The Bertz CT molecular complexity index is 677. The van der Waals surface area contributed by atoms with Crippen molar-refractivity contribution in [2.45, 2.75) is 6.61 Å². The third-order valence-electron chi connectivity index (χ3n) is 2.69. The number of aromatic carboxylic acids is 1. The molecular formula is C13H11NO7. The molecule has 110 valence electrons. The van der Waals surface area contributed by atoms with Crippen molar-refractivity contribution in [1.82, 2.24) is 0 Å². The summed E-state index contributed by atoms with van der Waals surface area (Å²) in [5.41, 5.74) is 0.0378. The van der Waals surface area contributed by atoms with Gasteiger partial charge in [-0.2, -0.15) is 0 Å². The van der Waals surface area contributed by atoms with Gasteiger partial charge in [0.15, 0.2) is 0 Å². The van der Waals surface area contributed by atoms with Gasteiger partial charge in [-0.1, -0.05) is 0 Å². The number of furan rings is 1. The zero-order chi connectivity index (χ0) is 15.4. The number of hydrogen-bond donors (Lipinski definition) is 1. The van der Waals surface area contributed by atoms with Gasteiger partial charge in [-0.05, 0) is 12.1 Å². The highest BCUT2D eigenvalue weighted by molar-refractivity contribution is 5.86. The van der Waals surface area contributed by atoms with Crippen LogP contribution in [0.3, 0.4) is 0 Å². The molecule has 8 nitrogen and oxygen atoms in total. The summed E-state index contributed by atoms with van der Waals surface area (Å²) in [4.78, 5) is 21.2. The molecule has 0 atom stereocenters. The standard InChI is InChI=1S/C13H11NO7/c1-19-9-2-3-10(14(17)18)11(6-9)21-7-8-4-5-20-12(8)13(15)16/h2-6H,7H2,1H3,(H,15,16). The number of carboxylic acid groups (broad SMARTS) is 1. The Kier molecular flexibility index (Phi) is 4.07. The van der Waals surface area contributed by atoms with Crippen LogP contribution in [0.5, 0.6) is 11.5 Å². The van der Waals surface area contributed by atoms with Crippen LogP contribution in [0.15, 0.2) is 34.9 Å². The third kappa shape index (κ3) is 3.11. The van der Waals surface area contributed by atoms with E-state index >= 15 is 0 Å². The van der Waals surface area contributed by atoms with Crippen LogP contribution in [0.1, 0.15) is 16.1 Å². The van der Waals surface area contributed by atoms with Gasteiger partial charge >= 0.3 is 11.7 Å². The van der Waals surface area contributed by atoms with Crippen LogP contribution in [-0.2, 0) is 6.61 Å². The van der Waals surface area contributed by atoms with Crippen molar-refractivity contribution in [3.8, 4) is 11.5 Å². The van der Waals surface area contributed by atoms with Crippen LogP contribution in [0.25, 0.3) is 0 Å². The Hall–Kier alpha value is -3.03. The lowest BCUT2D eigenvalue weighted by atomic mass is 10.2. The van der Waals surface area contributed by atoms with E-state index in [4.69, 9.17) is 19.0 Å². The summed E-state index contributed by atoms with van der Waals surface area (Å²) in [5, 5.41) is 19.8. The number of rotatable bonds is 6. The van der Waals surface area contributed by atoms with Gasteiger partial charge in [0.1, 0.15) is 12.4 Å². The summed E-state index contributed by atoms with van der Waals surface area (Å²) in [6, 6.07) is 5.47. The van der Waals surface area contributed by atoms with E-state index < -0.39 is 10.9 Å². The van der Waals surface area contributed by atoms with Gasteiger partial charge in [0.25, 0.3) is 0 Å². The summed E-state index contributed by atoms with van der Waals surface area (Å²) < 4.78 is 15.1. The second-order valence-corrected chi connectivity index (χ2v) is 3.96. The van der Waals surface area contributed by atoms with Crippen LogP contribution in [-0.4, -0.2) is 23.1 Å². The Morgan fingerprint density at radius 3 is 2.81 bits per heavy atom. The van der Waals surface area contributed by atoms with Crippen LogP contribution < -0.4 is 9.47 Å². The summed E-state index contributed by atoms with van der Waals surface area (Å²) in [5.74, 6) is -1.13. The van der Waals surface area contributed by atoms with Crippen molar-refractivity contribution in [1.29, 1.82) is 0 Å². The molecule has 0 radical (unpaired) electrons. The van der Waals surface area contributed by atoms with Crippen LogP contribution in [0, 0.1) is 10.1 Å². The zero-order valence-corrected chi connectivity index (χ0v) is 10.9. The molecule has 1 N–H and O–H groups in total. The van der Waals surface area contributed by atoms with Crippen LogP contribution in [0.4, 0.5) is 5.69 Å². The first-order valence-electron chi connectivity index (χ1n) is 5.78. The average molecular weight is 293 g/mol. The Morgan fingerprint density at radius 1 is 1.43 bits per heavy atom. The molecule has 0 spiro atoms. The number of hydrogen-bond acceptors (Lipinski definition) is 6. The normalized spacial score (nSPS) is 10.1. The molecule has 0 saturated heterocycles. The highest BCUT2D eigenvalue weighted by atomic mass is 16.6. The number of nitrogens with zero attached hydrogens (tertiary/aromatic N) is 1. The molecule has 0 amide bonds. The molecule has 0 aliphatic rings. The minimum absolute atomic E-state index is 0.0168. The van der Waals surface area contributed by atoms with E-state index in [9.17, 15) is 14.9 Å². The summed E-state index contributed by atoms with van der Waals surface area (Å²) in [7, 11) is 1.42. The fourth-order valence-corrected chi connectivity index (χ4v) is 1.68. The number of methoxy groups -OCH3 is 1. The Balaban J connectivity index is 2.24. The van der Waals surface area contributed by atoms with E-state index in [2.05, 4.69) is 0 Å². The molecule has 0 aliphatic heterocycles. The topological polar surface area (TPSA) is 112 Å². The van der Waals surface area contributed by atoms with Gasteiger partial charge in [-0.3, -0.25) is 10.1 Å². The fourth-order valence-electron chi connectivity index (χ4n) is 1.68. The maximum atomic E-state index is 10.9. The molecule has 1 heterocycles. The lowest BCUT2D eigenvalue weighted by Gasteiger charge is -2.08. The van der Waals surface area contributed by atoms with Gasteiger partial charge < -0.3 is 19.0 Å². The zero-order valence-electron chi connectivity index (χ0n) is 10.9. The summed E-state index contributed by atoms with van der Waals surface area (Å²) in [6.45, 7) is -0.174. The number of nitro groups is 1. The minimum atomic E-state index is -1.24. The molecule has 2 aromatic rings. The van der Waals surface area contributed by atoms with Gasteiger partial charge in [-0.15, -0.1) is 0 Å². The molecule has 0 bridgehead atoms. The summed E-state index contributed by atoms with van der Waals surface area (Å²) >= 11 is 0. The maximum Gasteiger partial charge on any atom is 0.372 e. The third-order valence-corrected chi connectivity index (χ3v) is 2.69. The predicted molar refractivity (Wildman–Crippen MR) is 69.6 cm³/mol. The first-order chi connectivity index (χ1) is 10.0. The maximum absolute atomic E-state index is 10.9. The number of nitro benzene ring substituents is 1. The first-order valence-corrected chi connectivity index (χ1v) is 5.78. The van der Waals surface area contributed by atoms with Crippen LogP contribution in [0.2, 0.25) is 0 Å². The van der Waals surface area contributed by atoms with E-state index in [1.165, 1.54) is 37.6 Å². The highest BCUT2D eigenvalue weighted by Crippen LogP contribution is 2.31. The summed E-state index contributed by atoms with van der Waals surface area (Å²) in [6.07, 6.45) is 1.21. The largest absolute Gasteiger partial charge is 0.497 e. The van der Waals surface area contributed by atoms with Gasteiger partial charge in [0.05, 0.1) is 18.3 Å². The predicted octanol–water partition coefficient (Wildman–Crippen LogP) is 2.47. The number of benzene rings is 1. The molecule has 21 heavy (non-hydrogen) atoms. The molecule has 0 unspecified atom stereocenters. The fraction of sp³-hybridized carbons (Fsp3) is 0.154. The quantitative estimate of drug-likeness (QED) is 0.643. The van der Waals surface area contributed by atoms with Gasteiger partial charge in [0, 0.05) is 17.7 Å². The molecule has 1 aromatic heterocycles. The van der Waals surface area contributed by atoms with Gasteiger partial charge in [0.2, 0.25) is 11.5 Å². The van der Waals surface area contributed by atoms with Gasteiger partial charge in [-0.25, -0.2) is 4.79 Å². The van der Waals surface area contributed by atoms with Crippen molar-refractivity contribution in [2.75, 3.05) is 7.11 Å². The van der Waals surface area contributed by atoms with E-state index in [-0.39, 0.29) is 29.4 Å². The SMILES string of the molecule is COc1ccc([N+](=O)[O-])c(OCc2ccoc2C(=O)O)c1. The molecular weight excluding hydrogens is 282 g/mol. The molecule has 0 saturated carbocycles. The molecule has 1 aromatic carbocycles. The number of carbonyl (C=O) groups is 1. The Morgan fingerprint density at radius 2 is 2.19 bits per heavy atom. The van der Waals surface area contributed by atoms with E-state index in [1.807, 2.05) is 0 Å². The van der Waals surface area contributed by atoms with E-state index in [0.29, 0.717) is 5.75 Å². The minimum Gasteiger partial charge on any atom is -0.497 e. The average Bonchev–Trinajstić information content (AvgIpc) is 2.93. The molecule has 0 fully saturated rings. The lowest BCUT2D eigenvalue weighted by molar-refractivity contribution is -0.386. The van der Waals surface area contributed by atoms with Crippen LogP contribution >= 0.6 is 0 Å². The highest BCUT2D eigenvalue weighted by Gasteiger charge is 2.19. The first kappa shape index (κ1) is 14.4. The Labute approximate surface area is 118 Å². The van der Waals surface area contributed by atoms with E-state index in [1.54, 1.807) is 0 Å². The van der Waals surface area contributed by atoms with Crippen molar-refractivity contribution >= 4 is 11.7 Å². The molecule has 2 rings (SSSR count). The second-order valence-electron chi connectivity index (χ2n) is 3.96. The smallest absolute Gasteiger partial charge is 0.372 e. The molecule has 0 aliphatic carbocycles. The number of ether oxygens (including phenoxy) is 2. The lowest BCUT2D eigenvalue weighted by Crippen LogP contribution is -2.04.